The van der Waals surface area contributed by atoms with Gasteiger partial charge < -0.3 is 4.74 Å². The Morgan fingerprint density at radius 1 is 1.22 bits per heavy atom. The van der Waals surface area contributed by atoms with Gasteiger partial charge in [-0.15, -0.1) is 11.6 Å². The predicted octanol–water partition coefficient (Wildman–Crippen LogP) is 4.60. The van der Waals surface area contributed by atoms with Gasteiger partial charge in [-0.05, 0) is 48.3 Å². The second kappa shape index (κ2) is 4.05. The third-order valence-corrected chi connectivity index (χ3v) is 5.63. The number of fused-ring (bicyclic) bond motifs is 2. The highest BCUT2D eigenvalue weighted by molar-refractivity contribution is 6.31. The molecule has 1 aromatic rings. The maximum absolute atomic E-state index is 6.72. The summed E-state index contributed by atoms with van der Waals surface area (Å²) in [4.78, 5) is 0. The fourth-order valence-corrected chi connectivity index (χ4v) is 4.81. The molecule has 3 unspecified atom stereocenters. The van der Waals surface area contributed by atoms with Gasteiger partial charge in [0.05, 0.1) is 12.0 Å². The molecule has 3 heteroatoms. The monoisotopic (exact) mass is 282 g/mol. The summed E-state index contributed by atoms with van der Waals surface area (Å²) in [6.45, 7) is 0.768. The molecule has 1 aromatic carbocycles. The largest absolute Gasteiger partial charge is 0.493 e. The number of ether oxygens (including phenoxy) is 1. The average Bonchev–Trinajstić information content (AvgIpc) is 2.76. The lowest BCUT2D eigenvalue weighted by atomic mass is 9.99. The molecular weight excluding hydrogens is 267 g/mol. The topological polar surface area (TPSA) is 9.23 Å². The number of hydrogen-bond acceptors (Lipinski definition) is 1. The molecule has 0 aromatic heterocycles. The predicted molar refractivity (Wildman–Crippen MR) is 73.6 cm³/mol. The van der Waals surface area contributed by atoms with Crippen molar-refractivity contribution >= 4 is 23.2 Å². The first-order valence-corrected chi connectivity index (χ1v) is 7.66. The fraction of sp³-hybridized carbons (Fsp3) is 0.600. The molecular formula is C15H16Cl2O. The maximum Gasteiger partial charge on any atom is 0.127 e. The lowest BCUT2D eigenvalue weighted by Crippen LogP contribution is -2.01. The lowest BCUT2D eigenvalue weighted by Gasteiger charge is -2.16. The molecule has 3 aliphatic rings. The van der Waals surface area contributed by atoms with E-state index < -0.39 is 0 Å². The van der Waals surface area contributed by atoms with Crippen molar-refractivity contribution in [2.45, 2.75) is 31.1 Å². The summed E-state index contributed by atoms with van der Waals surface area (Å²) < 4.78 is 5.76. The van der Waals surface area contributed by atoms with Crippen LogP contribution in [0.2, 0.25) is 5.02 Å². The van der Waals surface area contributed by atoms with Gasteiger partial charge in [-0.2, -0.15) is 0 Å². The second-order valence-electron chi connectivity index (χ2n) is 5.82. The van der Waals surface area contributed by atoms with Gasteiger partial charge in [0.25, 0.3) is 0 Å². The van der Waals surface area contributed by atoms with Gasteiger partial charge in [-0.3, -0.25) is 0 Å². The van der Waals surface area contributed by atoms with Crippen LogP contribution in [0.4, 0.5) is 0 Å². The van der Waals surface area contributed by atoms with Crippen LogP contribution in [0.15, 0.2) is 12.1 Å². The van der Waals surface area contributed by atoms with E-state index in [0.29, 0.717) is 5.92 Å². The number of halogens is 2. The second-order valence-corrected chi connectivity index (χ2v) is 6.73. The van der Waals surface area contributed by atoms with Crippen molar-refractivity contribution in [3.63, 3.8) is 0 Å². The quantitative estimate of drug-likeness (QED) is 0.721. The molecule has 2 aliphatic carbocycles. The minimum atomic E-state index is 0.0887. The van der Waals surface area contributed by atoms with Gasteiger partial charge in [0, 0.05) is 17.0 Å². The van der Waals surface area contributed by atoms with Crippen molar-refractivity contribution in [3.8, 4) is 5.75 Å². The minimum Gasteiger partial charge on any atom is -0.493 e. The van der Waals surface area contributed by atoms with E-state index in [1.807, 2.05) is 12.1 Å². The molecule has 0 spiro atoms. The smallest absolute Gasteiger partial charge is 0.127 e. The van der Waals surface area contributed by atoms with Gasteiger partial charge in [0.2, 0.25) is 0 Å². The van der Waals surface area contributed by atoms with Gasteiger partial charge in [-0.1, -0.05) is 18.0 Å². The summed E-state index contributed by atoms with van der Waals surface area (Å²) >= 11 is 12.9. The van der Waals surface area contributed by atoms with Crippen LogP contribution in [-0.2, 0) is 6.42 Å². The highest BCUT2D eigenvalue weighted by atomic mass is 35.5. The molecule has 4 rings (SSSR count). The van der Waals surface area contributed by atoms with Gasteiger partial charge >= 0.3 is 0 Å². The molecule has 0 N–H and O–H groups in total. The van der Waals surface area contributed by atoms with Crippen molar-refractivity contribution < 1.29 is 4.74 Å². The summed E-state index contributed by atoms with van der Waals surface area (Å²) in [6, 6.07) is 4.03. The summed E-state index contributed by atoms with van der Waals surface area (Å²) in [5.41, 5.74) is 2.37. The number of benzene rings is 1. The van der Waals surface area contributed by atoms with E-state index in [1.165, 1.54) is 24.8 Å². The van der Waals surface area contributed by atoms with Crippen LogP contribution in [-0.4, -0.2) is 6.61 Å². The third-order valence-electron chi connectivity index (χ3n) is 4.88. The van der Waals surface area contributed by atoms with E-state index in [0.717, 1.165) is 41.2 Å². The number of hydrogen-bond donors (Lipinski definition) is 0. The molecule has 2 saturated carbocycles. The van der Waals surface area contributed by atoms with Crippen LogP contribution in [0.25, 0.3) is 0 Å². The highest BCUT2D eigenvalue weighted by Crippen LogP contribution is 2.64. The van der Waals surface area contributed by atoms with Crippen molar-refractivity contribution in [2.75, 3.05) is 6.61 Å². The summed E-state index contributed by atoms with van der Waals surface area (Å²) in [5.74, 6) is 3.41. The van der Waals surface area contributed by atoms with Gasteiger partial charge in [-0.25, -0.2) is 0 Å². The van der Waals surface area contributed by atoms with Gasteiger partial charge in [0.15, 0.2) is 0 Å². The standard InChI is InChI=1S/C15H16Cl2O/c16-9-6-8-4-5-18-15(8)12(7-9)14(17)13-10-2-1-3-11(10)13/h6-7,10-11,13-14H,1-5H2. The number of rotatable bonds is 2. The molecule has 1 nitrogen and oxygen atoms in total. The molecule has 18 heavy (non-hydrogen) atoms. The Hall–Kier alpha value is -0.400. The zero-order valence-corrected chi connectivity index (χ0v) is 11.7. The first-order valence-electron chi connectivity index (χ1n) is 6.85. The Bertz CT molecular complexity index is 490. The first kappa shape index (κ1) is 11.4. The molecule has 2 fully saturated rings. The van der Waals surface area contributed by atoms with E-state index in [9.17, 15) is 0 Å². The molecule has 1 heterocycles. The van der Waals surface area contributed by atoms with E-state index >= 15 is 0 Å². The summed E-state index contributed by atoms with van der Waals surface area (Å²) in [5, 5.41) is 0.886. The molecule has 3 atom stereocenters. The Kier molecular flexibility index (Phi) is 2.57. The van der Waals surface area contributed by atoms with Gasteiger partial charge in [0.1, 0.15) is 5.75 Å². The van der Waals surface area contributed by atoms with Crippen molar-refractivity contribution in [3.05, 3.63) is 28.3 Å². The van der Waals surface area contributed by atoms with E-state index in [4.69, 9.17) is 27.9 Å². The Morgan fingerprint density at radius 3 is 2.78 bits per heavy atom. The van der Waals surface area contributed by atoms with Crippen LogP contribution < -0.4 is 4.74 Å². The highest BCUT2D eigenvalue weighted by Gasteiger charge is 2.56. The SMILES string of the molecule is Clc1cc2c(c(C(Cl)C3C4CCCC43)c1)OCC2. The minimum absolute atomic E-state index is 0.0887. The Balaban J connectivity index is 1.68. The molecule has 0 bridgehead atoms. The molecule has 96 valence electrons. The van der Waals surface area contributed by atoms with Crippen LogP contribution >= 0.6 is 23.2 Å². The van der Waals surface area contributed by atoms with Crippen LogP contribution in [0.3, 0.4) is 0 Å². The Labute approximate surface area is 117 Å². The maximum atomic E-state index is 6.72. The molecule has 0 amide bonds. The normalized spacial score (nSPS) is 33.8. The summed E-state index contributed by atoms with van der Waals surface area (Å²) in [7, 11) is 0. The van der Waals surface area contributed by atoms with Crippen molar-refractivity contribution in [1.82, 2.24) is 0 Å². The number of alkyl halides is 1. The lowest BCUT2D eigenvalue weighted by molar-refractivity contribution is 0.351. The van der Waals surface area contributed by atoms with Crippen molar-refractivity contribution in [2.24, 2.45) is 17.8 Å². The fourth-order valence-electron chi connectivity index (χ4n) is 4.02. The van der Waals surface area contributed by atoms with E-state index in [2.05, 4.69) is 0 Å². The average molecular weight is 283 g/mol. The molecule has 1 aliphatic heterocycles. The van der Waals surface area contributed by atoms with E-state index in [1.54, 1.807) is 0 Å². The van der Waals surface area contributed by atoms with Crippen LogP contribution in [0.5, 0.6) is 5.75 Å². The zero-order valence-electron chi connectivity index (χ0n) is 10.2. The van der Waals surface area contributed by atoms with Crippen LogP contribution in [0.1, 0.15) is 35.8 Å². The van der Waals surface area contributed by atoms with Crippen LogP contribution in [0, 0.1) is 17.8 Å². The molecule has 0 radical (unpaired) electrons. The third kappa shape index (κ3) is 1.60. The zero-order chi connectivity index (χ0) is 12.3. The summed E-state index contributed by atoms with van der Waals surface area (Å²) in [6.07, 6.45) is 5.08. The Morgan fingerprint density at radius 2 is 2.00 bits per heavy atom. The van der Waals surface area contributed by atoms with E-state index in [-0.39, 0.29) is 5.38 Å². The van der Waals surface area contributed by atoms with Crippen molar-refractivity contribution in [1.29, 1.82) is 0 Å². The molecule has 0 saturated heterocycles. The first-order chi connectivity index (χ1) is 8.75.